The van der Waals surface area contributed by atoms with Crippen LogP contribution in [0.1, 0.15) is 27.2 Å². The van der Waals surface area contributed by atoms with Crippen molar-refractivity contribution in [2.45, 2.75) is 19.7 Å². The second-order valence-corrected chi connectivity index (χ2v) is 8.55. The number of hydrogen-bond donors (Lipinski definition) is 3. The van der Waals surface area contributed by atoms with Crippen molar-refractivity contribution in [3.63, 3.8) is 0 Å². The lowest BCUT2D eigenvalue weighted by molar-refractivity contribution is 0.0748. The number of aromatic amines is 1. The van der Waals surface area contributed by atoms with Crippen LogP contribution in [0.5, 0.6) is 11.5 Å². The predicted molar refractivity (Wildman–Crippen MR) is 123 cm³/mol. The van der Waals surface area contributed by atoms with Crippen molar-refractivity contribution in [3.8, 4) is 11.5 Å². The minimum Gasteiger partial charge on any atom is -0.507 e. The van der Waals surface area contributed by atoms with Crippen molar-refractivity contribution in [1.82, 2.24) is 25.3 Å². The number of phenols is 1. The maximum Gasteiger partial charge on any atom is 0.258 e. The van der Waals surface area contributed by atoms with E-state index >= 15 is 0 Å². The fourth-order valence-electron chi connectivity index (χ4n) is 4.53. The Balaban J connectivity index is 1.26. The number of hydrogen-bond acceptors (Lipinski definition) is 7. The molecule has 0 unspecified atom stereocenters. The molecule has 2 aliphatic rings. The molecule has 3 heterocycles. The molecule has 1 amide bonds. The summed E-state index contributed by atoms with van der Waals surface area (Å²) >= 11 is 0. The average molecular weight is 452 g/mol. The minimum absolute atomic E-state index is 0.0620. The number of methoxy groups -OCH3 is 1. The third kappa shape index (κ3) is 4.52. The maximum atomic E-state index is 13.3. The van der Waals surface area contributed by atoms with E-state index in [-0.39, 0.29) is 17.2 Å². The number of H-pyrrole nitrogens is 1. The van der Waals surface area contributed by atoms with Gasteiger partial charge in [0.15, 0.2) is 0 Å². The van der Waals surface area contributed by atoms with Crippen LogP contribution in [-0.2, 0) is 24.4 Å². The first kappa shape index (κ1) is 21.7. The summed E-state index contributed by atoms with van der Waals surface area (Å²) in [6.45, 7) is 7.02. The number of piperazine rings is 1. The molecule has 1 aromatic heterocycles. The SMILES string of the molecule is COCc1n[nH]c2cc(O)c(C(=O)N3Cc4ccc(OCCN5CCNCC5)cc4C3)cc12. The Morgan fingerprint density at radius 3 is 2.79 bits per heavy atom. The summed E-state index contributed by atoms with van der Waals surface area (Å²) in [5.41, 5.74) is 3.81. The molecule has 1 fully saturated rings. The third-order valence-electron chi connectivity index (χ3n) is 6.34. The van der Waals surface area contributed by atoms with Crippen LogP contribution in [0.25, 0.3) is 10.9 Å². The van der Waals surface area contributed by atoms with Crippen LogP contribution in [0.2, 0.25) is 0 Å². The summed E-state index contributed by atoms with van der Waals surface area (Å²) in [4.78, 5) is 17.4. The monoisotopic (exact) mass is 451 g/mol. The van der Waals surface area contributed by atoms with E-state index in [1.165, 1.54) is 0 Å². The molecular formula is C24H29N5O4. The number of fused-ring (bicyclic) bond motifs is 2. The smallest absolute Gasteiger partial charge is 0.258 e. The van der Waals surface area contributed by atoms with Gasteiger partial charge in [0, 0.05) is 64.4 Å². The molecular weight excluding hydrogens is 422 g/mol. The largest absolute Gasteiger partial charge is 0.507 e. The molecule has 33 heavy (non-hydrogen) atoms. The van der Waals surface area contributed by atoms with Crippen LogP contribution in [0.3, 0.4) is 0 Å². The van der Waals surface area contributed by atoms with Crippen LogP contribution in [0, 0.1) is 0 Å². The number of amides is 1. The third-order valence-corrected chi connectivity index (χ3v) is 6.34. The first-order chi connectivity index (χ1) is 16.1. The molecule has 9 nitrogen and oxygen atoms in total. The van der Waals surface area contributed by atoms with Crippen LogP contribution < -0.4 is 10.1 Å². The van der Waals surface area contributed by atoms with Gasteiger partial charge in [0.2, 0.25) is 0 Å². The topological polar surface area (TPSA) is 103 Å². The van der Waals surface area contributed by atoms with Gasteiger partial charge in [0.05, 0.1) is 23.4 Å². The Morgan fingerprint density at radius 2 is 1.97 bits per heavy atom. The summed E-state index contributed by atoms with van der Waals surface area (Å²) in [6, 6.07) is 9.26. The molecule has 3 aromatic rings. The highest BCUT2D eigenvalue weighted by Gasteiger charge is 2.27. The number of rotatable bonds is 7. The number of carbonyl (C=O) groups is 1. The Bertz CT molecular complexity index is 1160. The molecule has 5 rings (SSSR count). The van der Waals surface area contributed by atoms with Crippen LogP contribution in [-0.4, -0.2) is 77.5 Å². The molecule has 0 saturated carbocycles. The number of phenolic OH excluding ortho intramolecular Hbond substituents is 1. The summed E-state index contributed by atoms with van der Waals surface area (Å²) < 4.78 is 11.2. The molecule has 174 valence electrons. The second kappa shape index (κ2) is 9.38. The fraction of sp³-hybridized carbons (Fsp3) is 0.417. The zero-order chi connectivity index (χ0) is 22.8. The molecule has 0 atom stereocenters. The molecule has 3 N–H and O–H groups in total. The van der Waals surface area contributed by atoms with Crippen LogP contribution >= 0.6 is 0 Å². The first-order valence-electron chi connectivity index (χ1n) is 11.3. The predicted octanol–water partition coefficient (Wildman–Crippen LogP) is 1.85. The molecule has 0 aliphatic carbocycles. The zero-order valence-corrected chi connectivity index (χ0v) is 18.8. The van der Waals surface area contributed by atoms with Gasteiger partial charge < -0.3 is 24.8 Å². The molecule has 0 radical (unpaired) electrons. The molecule has 0 bridgehead atoms. The van der Waals surface area contributed by atoms with E-state index < -0.39 is 0 Å². The molecule has 0 spiro atoms. The Morgan fingerprint density at radius 1 is 1.15 bits per heavy atom. The van der Waals surface area contributed by atoms with Crippen LogP contribution in [0.15, 0.2) is 30.3 Å². The summed E-state index contributed by atoms with van der Waals surface area (Å²) in [6.07, 6.45) is 0. The Labute approximate surface area is 192 Å². The van der Waals surface area contributed by atoms with E-state index in [4.69, 9.17) is 9.47 Å². The van der Waals surface area contributed by atoms with Gasteiger partial charge in [-0.2, -0.15) is 5.10 Å². The number of benzene rings is 2. The van der Waals surface area contributed by atoms with Crippen LogP contribution in [0.4, 0.5) is 0 Å². The fourth-order valence-corrected chi connectivity index (χ4v) is 4.53. The quantitative estimate of drug-likeness (QED) is 0.504. The lowest BCUT2D eigenvalue weighted by Crippen LogP contribution is -2.44. The van der Waals surface area contributed by atoms with Gasteiger partial charge in [-0.1, -0.05) is 6.07 Å². The van der Waals surface area contributed by atoms with E-state index in [1.807, 2.05) is 18.2 Å². The second-order valence-electron chi connectivity index (χ2n) is 8.55. The summed E-state index contributed by atoms with van der Waals surface area (Å²) in [7, 11) is 1.59. The van der Waals surface area contributed by atoms with Crippen molar-refractivity contribution in [3.05, 3.63) is 52.7 Å². The number of carbonyl (C=O) groups excluding carboxylic acids is 1. The highest BCUT2D eigenvalue weighted by Crippen LogP contribution is 2.32. The molecule has 9 heteroatoms. The first-order valence-corrected chi connectivity index (χ1v) is 11.3. The Kier molecular flexibility index (Phi) is 6.17. The normalized spacial score (nSPS) is 16.3. The minimum atomic E-state index is -0.212. The van der Waals surface area contributed by atoms with E-state index in [2.05, 4.69) is 20.4 Å². The van der Waals surface area contributed by atoms with Gasteiger partial charge in [-0.15, -0.1) is 0 Å². The van der Waals surface area contributed by atoms with Gasteiger partial charge >= 0.3 is 0 Å². The number of nitrogens with zero attached hydrogens (tertiary/aromatic N) is 3. The average Bonchev–Trinajstić information content (AvgIpc) is 3.42. The number of aromatic nitrogens is 2. The van der Waals surface area contributed by atoms with E-state index in [0.29, 0.717) is 37.5 Å². The highest BCUT2D eigenvalue weighted by atomic mass is 16.5. The van der Waals surface area contributed by atoms with Crippen molar-refractivity contribution < 1.29 is 19.4 Å². The lowest BCUT2D eigenvalue weighted by Gasteiger charge is -2.26. The number of ether oxygens (including phenoxy) is 2. The van der Waals surface area contributed by atoms with Gasteiger partial charge in [-0.25, -0.2) is 0 Å². The summed E-state index contributed by atoms with van der Waals surface area (Å²) in [5, 5.41) is 21.7. The van der Waals surface area contributed by atoms with E-state index in [9.17, 15) is 9.90 Å². The highest BCUT2D eigenvalue weighted by molar-refractivity contribution is 6.01. The van der Waals surface area contributed by atoms with Crippen molar-refractivity contribution in [2.75, 3.05) is 46.4 Å². The van der Waals surface area contributed by atoms with Gasteiger partial charge in [-0.3, -0.25) is 14.8 Å². The van der Waals surface area contributed by atoms with E-state index in [0.717, 1.165) is 55.0 Å². The molecule has 1 saturated heterocycles. The van der Waals surface area contributed by atoms with Gasteiger partial charge in [0.1, 0.15) is 18.1 Å². The standard InChI is InChI=1S/C24H29N5O4/c1-32-15-22-19-11-20(23(30)12-21(19)26-27-22)24(31)29-13-16-2-3-18(10-17(16)14-29)33-9-8-28-6-4-25-5-7-28/h2-3,10-12,25,30H,4-9,13-15H2,1H3,(H,26,27). The van der Waals surface area contributed by atoms with Crippen molar-refractivity contribution >= 4 is 16.8 Å². The van der Waals surface area contributed by atoms with Crippen molar-refractivity contribution in [2.24, 2.45) is 0 Å². The van der Waals surface area contributed by atoms with Gasteiger partial charge in [0.25, 0.3) is 5.91 Å². The van der Waals surface area contributed by atoms with E-state index in [1.54, 1.807) is 24.1 Å². The molecule has 2 aromatic carbocycles. The number of aromatic hydroxyl groups is 1. The summed E-state index contributed by atoms with van der Waals surface area (Å²) in [5.74, 6) is 0.550. The number of nitrogens with one attached hydrogen (secondary N) is 2. The van der Waals surface area contributed by atoms with Crippen molar-refractivity contribution in [1.29, 1.82) is 0 Å². The maximum absolute atomic E-state index is 13.3. The lowest BCUT2D eigenvalue weighted by atomic mass is 10.1. The molecule has 2 aliphatic heterocycles. The zero-order valence-electron chi connectivity index (χ0n) is 18.8. The van der Waals surface area contributed by atoms with Gasteiger partial charge in [-0.05, 0) is 29.3 Å². The Hall–Kier alpha value is -3.14.